The van der Waals surface area contributed by atoms with Gasteiger partial charge < -0.3 is 19.1 Å². The number of fused-ring (bicyclic) bond motifs is 2. The summed E-state index contributed by atoms with van der Waals surface area (Å²) >= 11 is 0. The maximum absolute atomic E-state index is 9.34. The van der Waals surface area contributed by atoms with Crippen molar-refractivity contribution in [2.24, 2.45) is 5.16 Å². The van der Waals surface area contributed by atoms with Crippen molar-refractivity contribution < 1.29 is 19.1 Å². The Hall–Kier alpha value is -3.54. The number of hydrogen-bond donors (Lipinski definition) is 1. The van der Waals surface area contributed by atoms with Crippen molar-refractivity contribution in [2.45, 2.75) is 0 Å². The summed E-state index contributed by atoms with van der Waals surface area (Å²) in [6.07, 6.45) is 1.74. The molecular formula is C20H16N2O4. The maximum atomic E-state index is 9.34. The summed E-state index contributed by atoms with van der Waals surface area (Å²) in [5.74, 6) is 1.79. The molecular weight excluding hydrogens is 332 g/mol. The van der Waals surface area contributed by atoms with E-state index >= 15 is 0 Å². The predicted molar refractivity (Wildman–Crippen MR) is 97.4 cm³/mol. The molecule has 0 amide bonds. The van der Waals surface area contributed by atoms with Gasteiger partial charge in [-0.25, -0.2) is 0 Å². The molecule has 2 aromatic heterocycles. The van der Waals surface area contributed by atoms with E-state index in [4.69, 9.17) is 13.9 Å². The van der Waals surface area contributed by atoms with Gasteiger partial charge in [0.25, 0.3) is 0 Å². The molecule has 6 nitrogen and oxygen atoms in total. The SMILES string of the molecule is COc1cc2cnc(-c3c/c(=N/O)c4ccccc4o3)cc2cc1OC. The van der Waals surface area contributed by atoms with E-state index in [0.29, 0.717) is 33.9 Å². The Morgan fingerprint density at radius 3 is 2.42 bits per heavy atom. The summed E-state index contributed by atoms with van der Waals surface area (Å²) in [5, 5.41) is 15.7. The Kier molecular flexibility index (Phi) is 3.93. The fourth-order valence-corrected chi connectivity index (χ4v) is 2.93. The van der Waals surface area contributed by atoms with Crippen LogP contribution in [0.1, 0.15) is 0 Å². The highest BCUT2D eigenvalue weighted by Gasteiger charge is 2.11. The Labute approximate surface area is 148 Å². The molecule has 0 saturated heterocycles. The summed E-state index contributed by atoms with van der Waals surface area (Å²) in [6.45, 7) is 0. The van der Waals surface area contributed by atoms with Gasteiger partial charge in [0, 0.05) is 23.0 Å². The molecule has 0 radical (unpaired) electrons. The second-order valence-corrected chi connectivity index (χ2v) is 5.72. The first kappa shape index (κ1) is 16.0. The van der Waals surface area contributed by atoms with E-state index in [9.17, 15) is 5.21 Å². The molecule has 6 heteroatoms. The summed E-state index contributed by atoms with van der Waals surface area (Å²) in [6, 6.07) is 14.7. The number of rotatable bonds is 3. The van der Waals surface area contributed by atoms with Crippen LogP contribution >= 0.6 is 0 Å². The van der Waals surface area contributed by atoms with Crippen molar-refractivity contribution in [3.8, 4) is 23.0 Å². The Morgan fingerprint density at radius 1 is 0.962 bits per heavy atom. The van der Waals surface area contributed by atoms with Crippen molar-refractivity contribution in [3.63, 3.8) is 0 Å². The second-order valence-electron chi connectivity index (χ2n) is 5.72. The van der Waals surface area contributed by atoms with Crippen LogP contribution in [0.2, 0.25) is 0 Å². The van der Waals surface area contributed by atoms with Crippen LogP contribution in [-0.4, -0.2) is 24.4 Å². The van der Waals surface area contributed by atoms with Gasteiger partial charge in [-0.05, 0) is 35.7 Å². The molecule has 0 fully saturated rings. The third kappa shape index (κ3) is 2.61. The molecule has 0 atom stereocenters. The maximum Gasteiger partial charge on any atom is 0.161 e. The van der Waals surface area contributed by atoms with Gasteiger partial charge in [0.15, 0.2) is 17.3 Å². The van der Waals surface area contributed by atoms with Crippen LogP contribution in [0.25, 0.3) is 33.2 Å². The zero-order valence-electron chi connectivity index (χ0n) is 14.3. The molecule has 4 rings (SSSR count). The van der Waals surface area contributed by atoms with Crippen LogP contribution in [0.4, 0.5) is 0 Å². The van der Waals surface area contributed by atoms with Crippen LogP contribution in [0.3, 0.4) is 0 Å². The lowest BCUT2D eigenvalue weighted by atomic mass is 10.1. The van der Waals surface area contributed by atoms with Crippen molar-refractivity contribution >= 4 is 21.7 Å². The van der Waals surface area contributed by atoms with Gasteiger partial charge in [0.1, 0.15) is 16.6 Å². The van der Waals surface area contributed by atoms with Crippen molar-refractivity contribution in [1.82, 2.24) is 4.98 Å². The highest BCUT2D eigenvalue weighted by atomic mass is 16.5. The van der Waals surface area contributed by atoms with Gasteiger partial charge in [0.05, 0.1) is 14.2 Å². The van der Waals surface area contributed by atoms with Crippen molar-refractivity contribution in [2.75, 3.05) is 14.2 Å². The number of hydrogen-bond acceptors (Lipinski definition) is 6. The number of ether oxygens (including phenoxy) is 2. The summed E-state index contributed by atoms with van der Waals surface area (Å²) in [5.41, 5.74) is 1.24. The highest BCUT2D eigenvalue weighted by molar-refractivity contribution is 5.88. The number of pyridine rings is 1. The summed E-state index contributed by atoms with van der Waals surface area (Å²) in [7, 11) is 3.19. The summed E-state index contributed by atoms with van der Waals surface area (Å²) < 4.78 is 16.6. The number of para-hydroxylation sites is 1. The topological polar surface area (TPSA) is 77.1 Å². The third-order valence-electron chi connectivity index (χ3n) is 4.24. The van der Waals surface area contributed by atoms with Crippen LogP contribution in [-0.2, 0) is 0 Å². The van der Waals surface area contributed by atoms with Crippen LogP contribution in [0.15, 0.2) is 64.3 Å². The first-order chi connectivity index (χ1) is 12.7. The zero-order valence-corrected chi connectivity index (χ0v) is 14.3. The standard InChI is InChI=1S/C20H16N2O4/c1-24-19-8-12-7-16(21-11-13(12)9-20(19)25-2)18-10-15(22-23)14-5-3-4-6-17(14)26-18/h3-11,23H,1-2H3/b22-15-. The van der Waals surface area contributed by atoms with Gasteiger partial charge in [-0.2, -0.15) is 0 Å². The van der Waals surface area contributed by atoms with Crippen LogP contribution in [0, 0.1) is 0 Å². The Bertz CT molecular complexity index is 1180. The number of nitrogens with zero attached hydrogens (tertiary/aromatic N) is 2. The molecule has 0 spiro atoms. The first-order valence-electron chi connectivity index (χ1n) is 7.96. The molecule has 0 unspecified atom stereocenters. The van der Waals surface area contributed by atoms with Gasteiger partial charge in [-0.15, -0.1) is 0 Å². The molecule has 2 heterocycles. The number of aromatic nitrogens is 1. The van der Waals surface area contributed by atoms with Crippen molar-refractivity contribution in [3.05, 3.63) is 60.1 Å². The van der Waals surface area contributed by atoms with E-state index in [-0.39, 0.29) is 0 Å². The van der Waals surface area contributed by atoms with Crippen LogP contribution in [0.5, 0.6) is 11.5 Å². The monoisotopic (exact) mass is 348 g/mol. The van der Waals surface area contributed by atoms with E-state index in [1.165, 1.54) is 0 Å². The van der Waals surface area contributed by atoms with E-state index < -0.39 is 0 Å². The fraction of sp³-hybridized carbons (Fsp3) is 0.100. The fourth-order valence-electron chi connectivity index (χ4n) is 2.93. The molecule has 4 aromatic rings. The van der Waals surface area contributed by atoms with Crippen molar-refractivity contribution in [1.29, 1.82) is 0 Å². The average molecular weight is 348 g/mol. The molecule has 0 aliphatic carbocycles. The minimum Gasteiger partial charge on any atom is -0.493 e. The first-order valence-corrected chi connectivity index (χ1v) is 7.96. The van der Waals surface area contributed by atoms with Gasteiger partial charge in [-0.3, -0.25) is 4.98 Å². The predicted octanol–water partition coefficient (Wildman–Crippen LogP) is 3.96. The quantitative estimate of drug-likeness (QED) is 0.448. The minimum absolute atomic E-state index is 0.427. The highest BCUT2D eigenvalue weighted by Crippen LogP contribution is 2.33. The lowest BCUT2D eigenvalue weighted by Gasteiger charge is -2.10. The van der Waals surface area contributed by atoms with E-state index in [2.05, 4.69) is 10.1 Å². The van der Waals surface area contributed by atoms with E-state index in [1.807, 2.05) is 42.5 Å². The third-order valence-corrected chi connectivity index (χ3v) is 4.24. The molecule has 1 N–H and O–H groups in total. The average Bonchev–Trinajstić information content (AvgIpc) is 2.71. The largest absolute Gasteiger partial charge is 0.493 e. The Balaban J connectivity index is 1.93. The lowest BCUT2D eigenvalue weighted by Crippen LogP contribution is -2.03. The summed E-state index contributed by atoms with van der Waals surface area (Å²) in [4.78, 5) is 4.48. The molecule has 0 aliphatic heterocycles. The van der Waals surface area contributed by atoms with E-state index in [1.54, 1.807) is 26.5 Å². The smallest absolute Gasteiger partial charge is 0.161 e. The van der Waals surface area contributed by atoms with Gasteiger partial charge in [-0.1, -0.05) is 17.3 Å². The lowest BCUT2D eigenvalue weighted by molar-refractivity contribution is 0.302. The van der Waals surface area contributed by atoms with Gasteiger partial charge in [0.2, 0.25) is 0 Å². The molecule has 130 valence electrons. The molecule has 0 saturated carbocycles. The molecule has 0 aliphatic rings. The normalized spacial score (nSPS) is 11.8. The molecule has 0 bridgehead atoms. The second kappa shape index (κ2) is 6.40. The number of methoxy groups -OCH3 is 2. The molecule has 26 heavy (non-hydrogen) atoms. The number of benzene rings is 2. The van der Waals surface area contributed by atoms with Gasteiger partial charge >= 0.3 is 0 Å². The van der Waals surface area contributed by atoms with Crippen LogP contribution < -0.4 is 14.8 Å². The zero-order chi connectivity index (χ0) is 18.1. The minimum atomic E-state index is 0.427. The molecule has 2 aromatic carbocycles. The Morgan fingerprint density at radius 2 is 1.69 bits per heavy atom. The van der Waals surface area contributed by atoms with E-state index in [0.717, 1.165) is 16.2 Å².